The van der Waals surface area contributed by atoms with Crippen LogP contribution in [-0.4, -0.2) is 48.7 Å². The number of para-hydroxylation sites is 1. The van der Waals surface area contributed by atoms with Crippen LogP contribution in [0.25, 0.3) is 5.69 Å². The molecule has 8 nitrogen and oxygen atoms in total. The average Bonchev–Trinajstić information content (AvgIpc) is 3.39. The predicted octanol–water partition coefficient (Wildman–Crippen LogP) is 1.87. The number of thioether (sulfide) groups is 1. The summed E-state index contributed by atoms with van der Waals surface area (Å²) >= 11 is 1.88. The number of nitrogens with zero attached hydrogens (tertiary/aromatic N) is 5. The molecule has 3 aromatic rings. The summed E-state index contributed by atoms with van der Waals surface area (Å²) < 4.78 is 7.39. The van der Waals surface area contributed by atoms with Gasteiger partial charge in [0.05, 0.1) is 17.8 Å². The quantitative estimate of drug-likeness (QED) is 0.695. The van der Waals surface area contributed by atoms with E-state index in [9.17, 15) is 4.79 Å². The molecule has 0 spiro atoms. The molecule has 138 valence electrons. The van der Waals surface area contributed by atoms with Crippen LogP contribution in [0.2, 0.25) is 0 Å². The van der Waals surface area contributed by atoms with E-state index in [2.05, 4.69) is 25.8 Å². The summed E-state index contributed by atoms with van der Waals surface area (Å²) in [4.78, 5) is 16.6. The zero-order valence-electron chi connectivity index (χ0n) is 14.5. The SMILES string of the molecule is O=C(NCc1nnnn1-c1ccccc1)c1ccc(OC2CCSC2)nc1. The van der Waals surface area contributed by atoms with Crippen molar-refractivity contribution in [1.82, 2.24) is 30.5 Å². The molecule has 1 fully saturated rings. The maximum Gasteiger partial charge on any atom is 0.253 e. The minimum Gasteiger partial charge on any atom is -0.473 e. The summed E-state index contributed by atoms with van der Waals surface area (Å²) in [6.45, 7) is 0.207. The Kier molecular flexibility index (Phi) is 5.29. The summed E-state index contributed by atoms with van der Waals surface area (Å²) in [6, 6.07) is 12.9. The number of carbonyl (C=O) groups is 1. The van der Waals surface area contributed by atoms with E-state index in [1.165, 1.54) is 6.20 Å². The van der Waals surface area contributed by atoms with Gasteiger partial charge in [-0.1, -0.05) is 18.2 Å². The van der Waals surface area contributed by atoms with Crippen LogP contribution in [-0.2, 0) is 6.54 Å². The summed E-state index contributed by atoms with van der Waals surface area (Å²) in [7, 11) is 0. The number of hydrogen-bond donors (Lipinski definition) is 1. The second-order valence-electron chi connectivity index (χ2n) is 6.01. The lowest BCUT2D eigenvalue weighted by Gasteiger charge is -2.11. The number of nitrogens with one attached hydrogen (secondary N) is 1. The van der Waals surface area contributed by atoms with Gasteiger partial charge >= 0.3 is 0 Å². The van der Waals surface area contributed by atoms with Gasteiger partial charge in [0.15, 0.2) is 5.82 Å². The number of pyridine rings is 1. The molecular formula is C18H18N6O2S. The van der Waals surface area contributed by atoms with E-state index in [0.717, 1.165) is 23.6 Å². The number of benzene rings is 1. The molecule has 1 aliphatic rings. The Balaban J connectivity index is 1.36. The lowest BCUT2D eigenvalue weighted by atomic mass is 10.2. The Morgan fingerprint density at radius 2 is 2.15 bits per heavy atom. The first kappa shape index (κ1) is 17.5. The maximum atomic E-state index is 12.4. The van der Waals surface area contributed by atoms with E-state index >= 15 is 0 Å². The van der Waals surface area contributed by atoms with E-state index < -0.39 is 0 Å². The van der Waals surface area contributed by atoms with Gasteiger partial charge in [0.25, 0.3) is 5.91 Å². The molecule has 1 amide bonds. The number of carbonyl (C=O) groups excluding carboxylic acids is 1. The normalized spacial score (nSPS) is 16.2. The highest BCUT2D eigenvalue weighted by molar-refractivity contribution is 7.99. The zero-order chi connectivity index (χ0) is 18.5. The zero-order valence-corrected chi connectivity index (χ0v) is 15.3. The Morgan fingerprint density at radius 1 is 1.26 bits per heavy atom. The lowest BCUT2D eigenvalue weighted by molar-refractivity contribution is 0.0949. The molecule has 4 rings (SSSR count). The van der Waals surface area contributed by atoms with E-state index in [4.69, 9.17) is 4.74 Å². The van der Waals surface area contributed by atoms with Crippen molar-refractivity contribution >= 4 is 17.7 Å². The van der Waals surface area contributed by atoms with Crippen molar-refractivity contribution in [3.63, 3.8) is 0 Å². The van der Waals surface area contributed by atoms with Crippen molar-refractivity contribution in [1.29, 1.82) is 0 Å². The topological polar surface area (TPSA) is 94.8 Å². The number of amides is 1. The highest BCUT2D eigenvalue weighted by Gasteiger charge is 2.18. The van der Waals surface area contributed by atoms with Crippen LogP contribution in [0.5, 0.6) is 5.88 Å². The largest absolute Gasteiger partial charge is 0.473 e. The van der Waals surface area contributed by atoms with Crippen molar-refractivity contribution in [2.24, 2.45) is 0 Å². The van der Waals surface area contributed by atoms with Crippen molar-refractivity contribution in [3.8, 4) is 11.6 Å². The molecule has 0 saturated carbocycles. The van der Waals surface area contributed by atoms with Crippen LogP contribution in [0.1, 0.15) is 22.6 Å². The van der Waals surface area contributed by atoms with Gasteiger partial charge in [-0.15, -0.1) is 5.10 Å². The van der Waals surface area contributed by atoms with Gasteiger partial charge in [0.2, 0.25) is 5.88 Å². The minimum atomic E-state index is -0.243. The van der Waals surface area contributed by atoms with Crippen LogP contribution >= 0.6 is 11.8 Å². The molecule has 9 heteroatoms. The van der Waals surface area contributed by atoms with E-state index in [1.54, 1.807) is 16.8 Å². The van der Waals surface area contributed by atoms with Gasteiger partial charge in [0, 0.05) is 18.0 Å². The van der Waals surface area contributed by atoms with Crippen molar-refractivity contribution in [2.45, 2.75) is 19.1 Å². The molecule has 27 heavy (non-hydrogen) atoms. The third kappa shape index (κ3) is 4.25. The number of aromatic nitrogens is 5. The van der Waals surface area contributed by atoms with Crippen LogP contribution in [0.4, 0.5) is 0 Å². The third-order valence-electron chi connectivity index (χ3n) is 4.12. The fraction of sp³-hybridized carbons (Fsp3) is 0.278. The number of tetrazole rings is 1. The highest BCUT2D eigenvalue weighted by Crippen LogP contribution is 2.22. The molecule has 1 aliphatic heterocycles. The van der Waals surface area contributed by atoms with Crippen molar-refractivity contribution in [3.05, 3.63) is 60.0 Å². The molecule has 1 aromatic carbocycles. The van der Waals surface area contributed by atoms with Gasteiger partial charge in [-0.25, -0.2) is 4.98 Å². The second-order valence-corrected chi connectivity index (χ2v) is 7.16. The first-order chi connectivity index (χ1) is 13.3. The molecule has 1 N–H and O–H groups in total. The summed E-state index contributed by atoms with van der Waals surface area (Å²) in [6.07, 6.45) is 2.76. The lowest BCUT2D eigenvalue weighted by Crippen LogP contribution is -2.25. The van der Waals surface area contributed by atoms with Crippen LogP contribution in [0.3, 0.4) is 0 Å². The number of rotatable bonds is 6. The summed E-state index contributed by atoms with van der Waals surface area (Å²) in [5, 5.41) is 14.5. The highest BCUT2D eigenvalue weighted by atomic mass is 32.2. The van der Waals surface area contributed by atoms with Crippen LogP contribution in [0, 0.1) is 0 Å². The average molecular weight is 382 g/mol. The van der Waals surface area contributed by atoms with Gasteiger partial charge in [-0.3, -0.25) is 4.79 Å². The molecule has 2 aromatic heterocycles. The van der Waals surface area contributed by atoms with E-state index in [0.29, 0.717) is 17.3 Å². The summed E-state index contributed by atoms with van der Waals surface area (Å²) in [5.41, 5.74) is 1.29. The smallest absolute Gasteiger partial charge is 0.253 e. The predicted molar refractivity (Wildman–Crippen MR) is 101 cm³/mol. The second kappa shape index (κ2) is 8.17. The molecule has 3 heterocycles. The van der Waals surface area contributed by atoms with Gasteiger partial charge in [0.1, 0.15) is 6.10 Å². The minimum absolute atomic E-state index is 0.207. The molecule has 1 atom stereocenters. The molecule has 0 bridgehead atoms. The molecular weight excluding hydrogens is 364 g/mol. The van der Waals surface area contributed by atoms with Gasteiger partial charge in [-0.05, 0) is 40.8 Å². The Morgan fingerprint density at radius 3 is 2.89 bits per heavy atom. The first-order valence-corrected chi connectivity index (χ1v) is 9.76. The van der Waals surface area contributed by atoms with Crippen molar-refractivity contribution in [2.75, 3.05) is 11.5 Å². The number of ether oxygens (including phenoxy) is 1. The van der Waals surface area contributed by atoms with Gasteiger partial charge < -0.3 is 10.1 Å². The third-order valence-corrected chi connectivity index (χ3v) is 5.25. The number of hydrogen-bond acceptors (Lipinski definition) is 7. The maximum absolute atomic E-state index is 12.4. The summed E-state index contributed by atoms with van der Waals surface area (Å²) in [5.74, 6) is 2.95. The Labute approximate surface area is 160 Å². The molecule has 0 radical (unpaired) electrons. The van der Waals surface area contributed by atoms with Crippen LogP contribution < -0.4 is 10.1 Å². The van der Waals surface area contributed by atoms with Crippen molar-refractivity contribution < 1.29 is 9.53 Å². The monoisotopic (exact) mass is 382 g/mol. The fourth-order valence-corrected chi connectivity index (χ4v) is 3.80. The first-order valence-electron chi connectivity index (χ1n) is 8.61. The van der Waals surface area contributed by atoms with Gasteiger partial charge in [-0.2, -0.15) is 16.4 Å². The van der Waals surface area contributed by atoms with E-state index in [-0.39, 0.29) is 18.6 Å². The molecule has 0 aliphatic carbocycles. The molecule has 1 saturated heterocycles. The Hall–Kier alpha value is -2.94. The van der Waals surface area contributed by atoms with E-state index in [1.807, 2.05) is 42.1 Å². The fourth-order valence-electron chi connectivity index (χ4n) is 2.71. The Bertz CT molecular complexity index is 894. The van der Waals surface area contributed by atoms with Crippen LogP contribution in [0.15, 0.2) is 48.7 Å². The molecule has 1 unspecified atom stereocenters. The standard InChI is InChI=1S/C18H18N6O2S/c25-18(13-6-7-17(19-10-13)26-15-8-9-27-12-15)20-11-16-21-22-23-24(16)14-4-2-1-3-5-14/h1-7,10,15H,8-9,11-12H2,(H,20,25).